The molecule has 0 bridgehead atoms. The summed E-state index contributed by atoms with van der Waals surface area (Å²) >= 11 is 0. The van der Waals surface area contributed by atoms with E-state index in [2.05, 4.69) is 5.32 Å². The summed E-state index contributed by atoms with van der Waals surface area (Å²) in [5.74, 6) is -0.238. The van der Waals surface area contributed by atoms with Gasteiger partial charge in [0.05, 0.1) is 6.04 Å². The van der Waals surface area contributed by atoms with Crippen molar-refractivity contribution < 1.29 is 9.59 Å². The fourth-order valence-corrected chi connectivity index (χ4v) is 1.92. The predicted molar refractivity (Wildman–Crippen MR) is 68.9 cm³/mol. The lowest BCUT2D eigenvalue weighted by Gasteiger charge is -2.42. The Bertz CT molecular complexity index is 294. The minimum absolute atomic E-state index is 0. The lowest BCUT2D eigenvalue weighted by atomic mass is 9.97. The van der Waals surface area contributed by atoms with Gasteiger partial charge in [-0.2, -0.15) is 0 Å². The second-order valence-electron chi connectivity index (χ2n) is 4.70. The van der Waals surface area contributed by atoms with E-state index in [4.69, 9.17) is 5.73 Å². The summed E-state index contributed by atoms with van der Waals surface area (Å²) in [4.78, 5) is 25.3. The van der Waals surface area contributed by atoms with Crippen LogP contribution in [0.4, 0.5) is 0 Å². The fraction of sp³-hybridized carbons (Fsp3) is 0.818. The number of nitrogens with one attached hydrogen (secondary N) is 1. The molecule has 1 aliphatic heterocycles. The van der Waals surface area contributed by atoms with E-state index in [9.17, 15) is 9.59 Å². The van der Waals surface area contributed by atoms with E-state index < -0.39 is 11.6 Å². The number of amides is 2. The van der Waals surface area contributed by atoms with Crippen LogP contribution in [0.15, 0.2) is 0 Å². The summed E-state index contributed by atoms with van der Waals surface area (Å²) in [5.41, 5.74) is 5.01. The fourth-order valence-electron chi connectivity index (χ4n) is 1.92. The molecular formula is C11H22ClN3O2. The standard InChI is InChI=1S/C11H21N3O2.ClH/c1-4-5-8(12)9(15)14-7-6-13-10(16)11(14,2)3;/h8H,4-7,12H2,1-3H3,(H,13,16);1H. The minimum Gasteiger partial charge on any atom is -0.352 e. The van der Waals surface area contributed by atoms with Crippen molar-refractivity contribution >= 4 is 24.2 Å². The lowest BCUT2D eigenvalue weighted by molar-refractivity contribution is -0.150. The largest absolute Gasteiger partial charge is 0.352 e. The van der Waals surface area contributed by atoms with E-state index >= 15 is 0 Å². The zero-order valence-corrected chi connectivity index (χ0v) is 11.5. The van der Waals surface area contributed by atoms with Gasteiger partial charge in [-0.05, 0) is 20.3 Å². The van der Waals surface area contributed by atoms with Crippen LogP contribution in [0.5, 0.6) is 0 Å². The summed E-state index contributed by atoms with van der Waals surface area (Å²) in [7, 11) is 0. The topological polar surface area (TPSA) is 75.4 Å². The van der Waals surface area contributed by atoms with Crippen LogP contribution < -0.4 is 11.1 Å². The maximum absolute atomic E-state index is 12.1. The number of nitrogens with zero attached hydrogens (tertiary/aromatic N) is 1. The minimum atomic E-state index is -0.791. The third kappa shape index (κ3) is 3.33. The van der Waals surface area contributed by atoms with Gasteiger partial charge in [0.1, 0.15) is 5.54 Å². The molecule has 0 aromatic heterocycles. The van der Waals surface area contributed by atoms with Gasteiger partial charge in [-0.15, -0.1) is 12.4 Å². The van der Waals surface area contributed by atoms with E-state index in [1.165, 1.54) is 0 Å². The number of halogens is 1. The summed E-state index contributed by atoms with van der Waals surface area (Å²) in [6, 6.07) is -0.491. The van der Waals surface area contributed by atoms with Gasteiger partial charge < -0.3 is 16.0 Å². The van der Waals surface area contributed by atoms with Gasteiger partial charge in [0.2, 0.25) is 11.8 Å². The average molecular weight is 264 g/mol. The normalized spacial score (nSPS) is 20.2. The maximum Gasteiger partial charge on any atom is 0.245 e. The van der Waals surface area contributed by atoms with Crippen LogP contribution >= 0.6 is 12.4 Å². The highest BCUT2D eigenvalue weighted by molar-refractivity contribution is 5.93. The number of rotatable bonds is 3. The molecule has 100 valence electrons. The second-order valence-corrected chi connectivity index (χ2v) is 4.70. The molecule has 1 atom stereocenters. The lowest BCUT2D eigenvalue weighted by Crippen LogP contribution is -2.65. The van der Waals surface area contributed by atoms with Gasteiger partial charge >= 0.3 is 0 Å². The highest BCUT2D eigenvalue weighted by Gasteiger charge is 2.41. The summed E-state index contributed by atoms with van der Waals surface area (Å²) in [6.07, 6.45) is 1.53. The van der Waals surface area contributed by atoms with Gasteiger partial charge in [-0.25, -0.2) is 0 Å². The third-order valence-electron chi connectivity index (χ3n) is 3.03. The molecular weight excluding hydrogens is 242 g/mol. The molecule has 2 amide bonds. The first-order valence-electron chi connectivity index (χ1n) is 5.76. The molecule has 0 aromatic rings. The first-order valence-corrected chi connectivity index (χ1v) is 5.76. The van der Waals surface area contributed by atoms with Gasteiger partial charge in [0.25, 0.3) is 0 Å². The van der Waals surface area contributed by atoms with Crippen LogP contribution in [-0.4, -0.2) is 41.4 Å². The molecule has 1 rings (SSSR count). The zero-order chi connectivity index (χ0) is 12.3. The number of carbonyl (C=O) groups excluding carboxylic acids is 2. The van der Waals surface area contributed by atoms with Crippen LogP contribution in [0.25, 0.3) is 0 Å². The van der Waals surface area contributed by atoms with Gasteiger partial charge in [0, 0.05) is 13.1 Å². The number of hydrogen-bond donors (Lipinski definition) is 2. The number of hydrogen-bond acceptors (Lipinski definition) is 3. The number of piperazine rings is 1. The Balaban J connectivity index is 0.00000256. The Hall–Kier alpha value is -0.810. The number of carbonyl (C=O) groups is 2. The smallest absolute Gasteiger partial charge is 0.245 e. The third-order valence-corrected chi connectivity index (χ3v) is 3.03. The van der Waals surface area contributed by atoms with Crippen molar-refractivity contribution in [2.45, 2.75) is 45.2 Å². The molecule has 1 unspecified atom stereocenters. The molecule has 1 fully saturated rings. The predicted octanol–water partition coefficient (Wildman–Crippen LogP) is 0.273. The molecule has 6 heteroatoms. The molecule has 0 aliphatic carbocycles. The summed E-state index contributed by atoms with van der Waals surface area (Å²) in [6.45, 7) is 6.53. The maximum atomic E-state index is 12.1. The zero-order valence-electron chi connectivity index (χ0n) is 10.7. The van der Waals surface area contributed by atoms with E-state index in [1.807, 2.05) is 6.92 Å². The van der Waals surface area contributed by atoms with Crippen molar-refractivity contribution in [3.63, 3.8) is 0 Å². The molecule has 1 aliphatic rings. The first-order chi connectivity index (χ1) is 7.41. The van der Waals surface area contributed by atoms with Gasteiger partial charge in [-0.3, -0.25) is 9.59 Å². The monoisotopic (exact) mass is 263 g/mol. The highest BCUT2D eigenvalue weighted by atomic mass is 35.5. The van der Waals surface area contributed by atoms with Crippen LogP contribution in [0, 0.1) is 0 Å². The molecule has 1 heterocycles. The van der Waals surface area contributed by atoms with Crippen LogP contribution in [0.2, 0.25) is 0 Å². The molecule has 5 nitrogen and oxygen atoms in total. The SMILES string of the molecule is CCCC(N)C(=O)N1CCNC(=O)C1(C)C.Cl. The van der Waals surface area contributed by atoms with Crippen molar-refractivity contribution in [3.8, 4) is 0 Å². The first kappa shape index (κ1) is 16.2. The molecule has 0 aromatic carbocycles. The second kappa shape index (κ2) is 6.21. The molecule has 0 radical (unpaired) electrons. The van der Waals surface area contributed by atoms with Crippen LogP contribution in [0.1, 0.15) is 33.6 Å². The van der Waals surface area contributed by atoms with Crippen LogP contribution in [-0.2, 0) is 9.59 Å². The Morgan fingerprint density at radius 2 is 2.18 bits per heavy atom. The Kier molecular flexibility index (Phi) is 5.92. The van der Waals surface area contributed by atoms with E-state index in [-0.39, 0.29) is 24.2 Å². The molecule has 1 saturated heterocycles. The van der Waals surface area contributed by atoms with E-state index in [0.717, 1.165) is 6.42 Å². The van der Waals surface area contributed by atoms with E-state index in [0.29, 0.717) is 19.5 Å². The van der Waals surface area contributed by atoms with Gasteiger partial charge in [0.15, 0.2) is 0 Å². The van der Waals surface area contributed by atoms with Crippen molar-refractivity contribution in [2.24, 2.45) is 5.73 Å². The van der Waals surface area contributed by atoms with Crippen LogP contribution in [0.3, 0.4) is 0 Å². The Labute approximate surface area is 109 Å². The van der Waals surface area contributed by atoms with E-state index in [1.54, 1.807) is 18.7 Å². The Morgan fingerprint density at radius 3 is 2.71 bits per heavy atom. The van der Waals surface area contributed by atoms with Crippen molar-refractivity contribution in [2.75, 3.05) is 13.1 Å². The van der Waals surface area contributed by atoms with Crippen molar-refractivity contribution in [3.05, 3.63) is 0 Å². The quantitative estimate of drug-likeness (QED) is 0.768. The summed E-state index contributed by atoms with van der Waals surface area (Å²) < 4.78 is 0. The molecule has 17 heavy (non-hydrogen) atoms. The van der Waals surface area contributed by atoms with Gasteiger partial charge in [-0.1, -0.05) is 13.3 Å². The molecule has 0 spiro atoms. The molecule has 3 N–H and O–H groups in total. The Morgan fingerprint density at radius 1 is 1.59 bits per heavy atom. The molecule has 0 saturated carbocycles. The van der Waals surface area contributed by atoms with Crippen molar-refractivity contribution in [1.29, 1.82) is 0 Å². The highest BCUT2D eigenvalue weighted by Crippen LogP contribution is 2.19. The van der Waals surface area contributed by atoms with Crippen molar-refractivity contribution in [1.82, 2.24) is 10.2 Å². The summed E-state index contributed by atoms with van der Waals surface area (Å²) in [5, 5.41) is 2.75. The average Bonchev–Trinajstić information content (AvgIpc) is 2.21. The number of nitrogens with two attached hydrogens (primary N) is 1.